The summed E-state index contributed by atoms with van der Waals surface area (Å²) < 4.78 is 10.8. The molecule has 0 spiro atoms. The molecule has 1 aromatic heterocycles. The molecule has 1 saturated heterocycles. The number of nitrogen functional groups attached to an aromatic ring is 1. The van der Waals surface area contributed by atoms with Crippen molar-refractivity contribution in [2.75, 3.05) is 18.8 Å². The molecule has 2 aromatic carbocycles. The number of amides is 3. The van der Waals surface area contributed by atoms with E-state index in [9.17, 15) is 14.4 Å². The van der Waals surface area contributed by atoms with E-state index in [0.717, 1.165) is 15.7 Å². The van der Waals surface area contributed by atoms with Gasteiger partial charge in [0.2, 0.25) is 5.96 Å². The zero-order valence-corrected chi connectivity index (χ0v) is 27.6. The van der Waals surface area contributed by atoms with Crippen LogP contribution in [0.25, 0.3) is 10.8 Å². The lowest BCUT2D eigenvalue weighted by Gasteiger charge is -2.38. The summed E-state index contributed by atoms with van der Waals surface area (Å²) in [7, 11) is 0. The predicted octanol–water partition coefficient (Wildman–Crippen LogP) is 6.17. The van der Waals surface area contributed by atoms with E-state index >= 15 is 0 Å². The van der Waals surface area contributed by atoms with Crippen molar-refractivity contribution in [1.29, 1.82) is 5.41 Å². The predicted molar refractivity (Wildman–Crippen MR) is 178 cm³/mol. The second-order valence-corrected chi connectivity index (χ2v) is 13.4. The number of fused-ring (bicyclic) bond motifs is 1. The molecule has 3 aromatic rings. The molecule has 3 amide bonds. The minimum Gasteiger partial charge on any atom is -0.444 e. The molecule has 1 aliphatic rings. The number of pyridine rings is 1. The first-order chi connectivity index (χ1) is 21.5. The zero-order chi connectivity index (χ0) is 33.8. The van der Waals surface area contributed by atoms with Crippen molar-refractivity contribution >= 4 is 52.2 Å². The van der Waals surface area contributed by atoms with Gasteiger partial charge in [0.15, 0.2) is 0 Å². The second kappa shape index (κ2) is 13.7. The van der Waals surface area contributed by atoms with Gasteiger partial charge in [0.05, 0.1) is 5.56 Å². The highest BCUT2D eigenvalue weighted by atomic mass is 35.5. The van der Waals surface area contributed by atoms with Gasteiger partial charge in [0.25, 0.3) is 5.91 Å². The Kier molecular flexibility index (Phi) is 10.1. The number of likely N-dealkylation sites (tertiary alicyclic amines) is 1. The Morgan fingerprint density at radius 1 is 1.00 bits per heavy atom. The molecule has 4 rings (SSSR count). The van der Waals surface area contributed by atoms with Crippen molar-refractivity contribution in [3.8, 4) is 11.8 Å². The molecule has 12 heteroatoms. The van der Waals surface area contributed by atoms with Crippen LogP contribution in [0, 0.1) is 17.3 Å². The summed E-state index contributed by atoms with van der Waals surface area (Å²) >= 11 is 6.19. The molecular weight excluding hydrogens is 608 g/mol. The fourth-order valence-corrected chi connectivity index (χ4v) is 5.04. The molecule has 46 heavy (non-hydrogen) atoms. The van der Waals surface area contributed by atoms with Crippen LogP contribution in [0.3, 0.4) is 0 Å². The van der Waals surface area contributed by atoms with Crippen LogP contribution in [0.5, 0.6) is 0 Å². The van der Waals surface area contributed by atoms with Crippen molar-refractivity contribution in [2.45, 2.75) is 71.6 Å². The maximum atomic E-state index is 13.4. The van der Waals surface area contributed by atoms with E-state index in [1.807, 2.05) is 6.07 Å². The van der Waals surface area contributed by atoms with Gasteiger partial charge in [-0.25, -0.2) is 19.5 Å². The standard InChI is InChI=1S/C34H39ClN6O5/c1-33(2,3)45-31(43)39-30(37)41(32(44)46-34(4,5)6)25-15-17-40(18-16-25)29(42)22-10-7-21(8-11-22)9-14-26-27-19-24(35)13-12-23(27)20-38-28(26)36/h7-8,10-13,19-20,25H,15-18H2,1-6H3,(H2,36,38)(H2,37,39,43). The van der Waals surface area contributed by atoms with Gasteiger partial charge in [-0.2, -0.15) is 0 Å². The van der Waals surface area contributed by atoms with Gasteiger partial charge >= 0.3 is 12.2 Å². The van der Waals surface area contributed by atoms with Crippen LogP contribution in [-0.4, -0.2) is 69.2 Å². The molecule has 0 saturated carbocycles. The number of halogens is 1. The van der Waals surface area contributed by atoms with Crippen LogP contribution < -0.4 is 11.1 Å². The first-order valence-corrected chi connectivity index (χ1v) is 15.2. The Hall–Kier alpha value is -4.82. The van der Waals surface area contributed by atoms with Gasteiger partial charge in [-0.1, -0.05) is 29.5 Å². The first kappa shape index (κ1) is 34.1. The van der Waals surface area contributed by atoms with E-state index in [-0.39, 0.29) is 5.91 Å². The minimum atomic E-state index is -0.853. The minimum absolute atomic E-state index is 0.166. The van der Waals surface area contributed by atoms with E-state index in [2.05, 4.69) is 22.1 Å². The highest BCUT2D eigenvalue weighted by Crippen LogP contribution is 2.25. The Labute approximate surface area is 273 Å². The Bertz CT molecular complexity index is 1700. The quantitative estimate of drug-likeness (QED) is 0.171. The van der Waals surface area contributed by atoms with E-state index < -0.39 is 35.4 Å². The van der Waals surface area contributed by atoms with Crippen molar-refractivity contribution in [1.82, 2.24) is 20.1 Å². The molecule has 0 atom stereocenters. The van der Waals surface area contributed by atoms with Crippen LogP contribution in [0.4, 0.5) is 15.4 Å². The van der Waals surface area contributed by atoms with Crippen molar-refractivity contribution in [3.63, 3.8) is 0 Å². The number of alkyl carbamates (subject to hydrolysis) is 1. The summed E-state index contributed by atoms with van der Waals surface area (Å²) in [6, 6.07) is 11.9. The highest BCUT2D eigenvalue weighted by Gasteiger charge is 2.36. The summed E-state index contributed by atoms with van der Waals surface area (Å²) in [5.41, 5.74) is 6.27. The number of anilines is 1. The topological polar surface area (TPSA) is 151 Å². The molecule has 0 bridgehead atoms. The van der Waals surface area contributed by atoms with E-state index in [4.69, 9.17) is 32.2 Å². The lowest BCUT2D eigenvalue weighted by Crippen LogP contribution is -2.56. The number of rotatable bonds is 2. The third-order valence-corrected chi connectivity index (χ3v) is 7.15. The fourth-order valence-electron chi connectivity index (χ4n) is 4.87. The van der Waals surface area contributed by atoms with E-state index in [1.165, 1.54) is 0 Å². The van der Waals surface area contributed by atoms with Crippen molar-refractivity contribution < 1.29 is 23.9 Å². The lowest BCUT2D eigenvalue weighted by molar-refractivity contribution is 0.0242. The third kappa shape index (κ3) is 8.88. The number of hydrogen-bond donors (Lipinski definition) is 3. The molecule has 4 N–H and O–H groups in total. The number of hydrogen-bond acceptors (Lipinski definition) is 8. The number of aromatic nitrogens is 1. The summed E-state index contributed by atoms with van der Waals surface area (Å²) in [5.74, 6) is 5.88. The molecule has 2 heterocycles. The average molecular weight is 647 g/mol. The average Bonchev–Trinajstić information content (AvgIpc) is 2.95. The Balaban J connectivity index is 1.43. The molecular formula is C34H39ClN6O5. The summed E-state index contributed by atoms with van der Waals surface area (Å²) in [6.45, 7) is 10.9. The molecule has 1 aliphatic heterocycles. The number of nitrogens with one attached hydrogen (secondary N) is 2. The zero-order valence-electron chi connectivity index (χ0n) is 26.9. The summed E-state index contributed by atoms with van der Waals surface area (Å²) in [5, 5.41) is 13.1. The highest BCUT2D eigenvalue weighted by molar-refractivity contribution is 6.31. The number of piperidine rings is 1. The monoisotopic (exact) mass is 646 g/mol. The Morgan fingerprint density at radius 2 is 1.63 bits per heavy atom. The van der Waals surface area contributed by atoms with Gasteiger partial charge in [0.1, 0.15) is 17.0 Å². The van der Waals surface area contributed by atoms with Gasteiger partial charge in [-0.05, 0) is 90.8 Å². The molecule has 11 nitrogen and oxygen atoms in total. The smallest absolute Gasteiger partial charge is 0.417 e. The van der Waals surface area contributed by atoms with Crippen molar-refractivity contribution in [2.24, 2.45) is 0 Å². The molecule has 0 unspecified atom stereocenters. The third-order valence-electron chi connectivity index (χ3n) is 6.91. The van der Waals surface area contributed by atoms with Crippen LogP contribution in [0.15, 0.2) is 48.7 Å². The second-order valence-electron chi connectivity index (χ2n) is 12.9. The lowest BCUT2D eigenvalue weighted by atomic mass is 10.0. The first-order valence-electron chi connectivity index (χ1n) is 14.9. The maximum absolute atomic E-state index is 13.4. The number of nitrogens with zero attached hydrogens (tertiary/aromatic N) is 3. The largest absolute Gasteiger partial charge is 0.444 e. The van der Waals surface area contributed by atoms with Gasteiger partial charge in [-0.15, -0.1) is 0 Å². The number of guanidine groups is 1. The van der Waals surface area contributed by atoms with Crippen LogP contribution in [0.2, 0.25) is 5.02 Å². The fraction of sp³-hybridized carbons (Fsp3) is 0.382. The van der Waals surface area contributed by atoms with Crippen molar-refractivity contribution in [3.05, 3.63) is 70.4 Å². The summed E-state index contributed by atoms with van der Waals surface area (Å²) in [6.07, 6.45) is 0.803. The van der Waals surface area contributed by atoms with Crippen LogP contribution in [-0.2, 0) is 9.47 Å². The van der Waals surface area contributed by atoms with Crippen LogP contribution >= 0.6 is 11.6 Å². The van der Waals surface area contributed by atoms with Gasteiger partial charge < -0.3 is 20.1 Å². The molecule has 1 fully saturated rings. The number of carbonyl (C=O) groups excluding carboxylic acids is 3. The van der Waals surface area contributed by atoms with Gasteiger partial charge in [0, 0.05) is 52.3 Å². The van der Waals surface area contributed by atoms with E-state index in [0.29, 0.717) is 53.5 Å². The Morgan fingerprint density at radius 3 is 2.24 bits per heavy atom. The summed E-state index contributed by atoms with van der Waals surface area (Å²) in [4.78, 5) is 45.9. The maximum Gasteiger partial charge on any atom is 0.417 e. The normalized spacial score (nSPS) is 13.8. The SMILES string of the molecule is CC(C)(C)OC(=O)NC(=N)N(C(=O)OC(C)(C)C)C1CCN(C(=O)c2ccc(C#Cc3c(N)ncc4ccc(Cl)cc34)cc2)CC1. The number of carbonyl (C=O) groups is 3. The molecule has 0 radical (unpaired) electrons. The van der Waals surface area contributed by atoms with Crippen LogP contribution in [0.1, 0.15) is 75.9 Å². The number of ether oxygens (including phenoxy) is 2. The van der Waals surface area contributed by atoms with Gasteiger partial charge in [-0.3, -0.25) is 15.5 Å². The number of benzene rings is 2. The number of nitrogens with two attached hydrogens (primary N) is 1. The molecule has 0 aliphatic carbocycles. The van der Waals surface area contributed by atoms with E-state index in [1.54, 1.807) is 89.0 Å². The molecule has 242 valence electrons.